The zero-order valence-corrected chi connectivity index (χ0v) is 12.1. The number of hydrogen-bond acceptors (Lipinski definition) is 5. The van der Waals surface area contributed by atoms with Crippen molar-refractivity contribution in [3.63, 3.8) is 0 Å². The summed E-state index contributed by atoms with van der Waals surface area (Å²) in [5.41, 5.74) is 2.98. The van der Waals surface area contributed by atoms with E-state index in [1.54, 1.807) is 10.6 Å². The van der Waals surface area contributed by atoms with E-state index in [4.69, 9.17) is 4.74 Å². The highest BCUT2D eigenvalue weighted by Crippen LogP contribution is 2.16. The summed E-state index contributed by atoms with van der Waals surface area (Å²) >= 11 is 0. The number of benzene rings is 1. The molecule has 0 aliphatic heterocycles. The number of nitrogens with zero attached hydrogens (tertiary/aromatic N) is 4. The highest BCUT2D eigenvalue weighted by atomic mass is 16.5. The number of carbonyl (C=O) groups is 1. The Kier molecular flexibility index (Phi) is 4.06. The number of carbonyl (C=O) groups excluding carboxylic acids is 1. The van der Waals surface area contributed by atoms with E-state index in [9.17, 15) is 4.79 Å². The van der Waals surface area contributed by atoms with E-state index < -0.39 is 0 Å². The van der Waals surface area contributed by atoms with Crippen molar-refractivity contribution in [2.45, 2.75) is 20.1 Å². The van der Waals surface area contributed by atoms with Crippen molar-refractivity contribution < 1.29 is 9.53 Å². The fourth-order valence-electron chi connectivity index (χ4n) is 2.12. The average Bonchev–Trinajstić information content (AvgIpc) is 3.00. The summed E-state index contributed by atoms with van der Waals surface area (Å²) < 4.78 is 7.27. The topological polar surface area (TPSA) is 81.4 Å². The van der Waals surface area contributed by atoms with Gasteiger partial charge in [-0.1, -0.05) is 30.3 Å². The third-order valence-corrected chi connectivity index (χ3v) is 3.10. The molecule has 0 aliphatic carbocycles. The molecule has 1 N–H and O–H groups in total. The van der Waals surface area contributed by atoms with Crippen molar-refractivity contribution in [3.8, 4) is 0 Å². The lowest BCUT2D eigenvalue weighted by molar-refractivity contribution is -0.114. The maximum atomic E-state index is 11.2. The number of hydrogen-bond donors (Lipinski definition) is 1. The summed E-state index contributed by atoms with van der Waals surface area (Å²) in [6.07, 6.45) is 0. The van der Waals surface area contributed by atoms with Crippen LogP contribution in [0.15, 0.2) is 42.5 Å². The molecule has 0 fully saturated rings. The van der Waals surface area contributed by atoms with Crippen LogP contribution in [-0.4, -0.2) is 25.9 Å². The van der Waals surface area contributed by atoms with Crippen LogP contribution in [0.5, 0.6) is 0 Å². The Hall–Kier alpha value is -2.80. The first-order valence-electron chi connectivity index (χ1n) is 6.83. The molecule has 0 saturated carbocycles. The van der Waals surface area contributed by atoms with Crippen molar-refractivity contribution >= 4 is 17.2 Å². The van der Waals surface area contributed by atoms with E-state index in [0.29, 0.717) is 24.5 Å². The van der Waals surface area contributed by atoms with Crippen LogP contribution in [0.25, 0.3) is 5.65 Å². The third kappa shape index (κ3) is 3.09. The Morgan fingerprint density at radius 1 is 1.18 bits per heavy atom. The van der Waals surface area contributed by atoms with E-state index in [1.165, 1.54) is 6.92 Å². The maximum Gasteiger partial charge on any atom is 0.221 e. The van der Waals surface area contributed by atoms with Gasteiger partial charge in [0.2, 0.25) is 11.6 Å². The number of fused-ring (bicyclic) bond motifs is 1. The molecule has 3 aromatic rings. The SMILES string of the molecule is CC(=O)Nc1ccc(COCc2ccccc2)n2nnnc12. The van der Waals surface area contributed by atoms with E-state index in [2.05, 4.69) is 20.8 Å². The minimum atomic E-state index is -0.169. The lowest BCUT2D eigenvalue weighted by Gasteiger charge is -2.08. The molecule has 1 amide bonds. The quantitative estimate of drug-likeness (QED) is 0.776. The Morgan fingerprint density at radius 3 is 2.77 bits per heavy atom. The van der Waals surface area contributed by atoms with Gasteiger partial charge in [-0.3, -0.25) is 4.79 Å². The summed E-state index contributed by atoms with van der Waals surface area (Å²) in [6.45, 7) is 2.33. The van der Waals surface area contributed by atoms with Crippen molar-refractivity contribution in [2.75, 3.05) is 5.32 Å². The molecule has 2 heterocycles. The molecule has 0 saturated heterocycles. The van der Waals surface area contributed by atoms with Gasteiger partial charge in [0.25, 0.3) is 0 Å². The summed E-state index contributed by atoms with van der Waals surface area (Å²) in [5.74, 6) is -0.169. The Morgan fingerprint density at radius 2 is 2.00 bits per heavy atom. The fraction of sp³-hybridized carbons (Fsp3) is 0.200. The van der Waals surface area contributed by atoms with Crippen molar-refractivity contribution in [2.24, 2.45) is 0 Å². The normalized spacial score (nSPS) is 10.8. The maximum absolute atomic E-state index is 11.2. The first-order chi connectivity index (χ1) is 10.7. The second kappa shape index (κ2) is 6.31. The molecule has 0 unspecified atom stereocenters. The van der Waals surface area contributed by atoms with Crippen molar-refractivity contribution in [1.29, 1.82) is 0 Å². The summed E-state index contributed by atoms with van der Waals surface area (Å²) in [5, 5.41) is 14.2. The number of aromatic nitrogens is 4. The lowest BCUT2D eigenvalue weighted by Crippen LogP contribution is -2.09. The van der Waals surface area contributed by atoms with E-state index in [0.717, 1.165) is 11.3 Å². The van der Waals surface area contributed by atoms with Crippen LogP contribution in [0.1, 0.15) is 18.2 Å². The number of anilines is 1. The predicted molar refractivity (Wildman–Crippen MR) is 80.0 cm³/mol. The van der Waals surface area contributed by atoms with Crippen LogP contribution in [0, 0.1) is 0 Å². The first-order valence-corrected chi connectivity index (χ1v) is 6.83. The van der Waals surface area contributed by atoms with Gasteiger partial charge in [-0.2, -0.15) is 4.52 Å². The molecule has 7 heteroatoms. The van der Waals surface area contributed by atoms with Gasteiger partial charge >= 0.3 is 0 Å². The molecule has 0 atom stereocenters. The van der Waals surface area contributed by atoms with Gasteiger partial charge in [0.05, 0.1) is 24.6 Å². The van der Waals surface area contributed by atoms with E-state index in [1.807, 2.05) is 36.4 Å². The van der Waals surface area contributed by atoms with Crippen molar-refractivity contribution in [3.05, 3.63) is 53.7 Å². The smallest absolute Gasteiger partial charge is 0.221 e. The van der Waals surface area contributed by atoms with Crippen LogP contribution >= 0.6 is 0 Å². The number of nitrogens with one attached hydrogen (secondary N) is 1. The first kappa shape index (κ1) is 14.2. The number of amides is 1. The molecular formula is C15H15N5O2. The van der Waals surface area contributed by atoms with Crippen LogP contribution in [-0.2, 0) is 22.7 Å². The van der Waals surface area contributed by atoms with Gasteiger partial charge in [-0.15, -0.1) is 5.10 Å². The summed E-state index contributed by atoms with van der Waals surface area (Å²) in [6, 6.07) is 13.5. The zero-order chi connectivity index (χ0) is 15.4. The van der Waals surface area contributed by atoms with Crippen LogP contribution < -0.4 is 5.32 Å². The summed E-state index contributed by atoms with van der Waals surface area (Å²) in [4.78, 5) is 11.2. The molecule has 0 aliphatic rings. The molecule has 22 heavy (non-hydrogen) atoms. The highest BCUT2D eigenvalue weighted by Gasteiger charge is 2.10. The molecule has 0 radical (unpaired) electrons. The molecule has 3 rings (SSSR count). The van der Waals surface area contributed by atoms with Gasteiger partial charge in [-0.25, -0.2) is 0 Å². The molecule has 7 nitrogen and oxygen atoms in total. The minimum Gasteiger partial charge on any atom is -0.370 e. The van der Waals surface area contributed by atoms with Gasteiger partial charge in [0.1, 0.15) is 0 Å². The number of tetrazole rings is 1. The lowest BCUT2D eigenvalue weighted by atomic mass is 10.2. The predicted octanol–water partition coefficient (Wildman–Crippen LogP) is 1.80. The van der Waals surface area contributed by atoms with Crippen LogP contribution in [0.3, 0.4) is 0 Å². The Bertz CT molecular complexity index is 785. The Labute approximate surface area is 126 Å². The minimum absolute atomic E-state index is 0.169. The number of pyridine rings is 1. The van der Waals surface area contributed by atoms with Gasteiger partial charge in [0.15, 0.2) is 0 Å². The van der Waals surface area contributed by atoms with Crippen LogP contribution in [0.4, 0.5) is 5.69 Å². The highest BCUT2D eigenvalue weighted by molar-refractivity contribution is 5.92. The van der Waals surface area contributed by atoms with Gasteiger partial charge in [-0.05, 0) is 28.1 Å². The molecule has 1 aromatic carbocycles. The van der Waals surface area contributed by atoms with Crippen molar-refractivity contribution in [1.82, 2.24) is 20.0 Å². The number of ether oxygens (including phenoxy) is 1. The molecule has 112 valence electrons. The summed E-state index contributed by atoms with van der Waals surface area (Å²) in [7, 11) is 0. The monoisotopic (exact) mass is 297 g/mol. The average molecular weight is 297 g/mol. The Balaban J connectivity index is 1.74. The standard InChI is InChI=1S/C15H15N5O2/c1-11(21)16-14-8-7-13(20-15(14)17-18-19-20)10-22-9-12-5-3-2-4-6-12/h2-8H,9-10H2,1H3,(H,16,21). The largest absolute Gasteiger partial charge is 0.370 e. The van der Waals surface area contributed by atoms with Crippen LogP contribution in [0.2, 0.25) is 0 Å². The number of rotatable bonds is 5. The third-order valence-electron chi connectivity index (χ3n) is 3.10. The van der Waals surface area contributed by atoms with E-state index >= 15 is 0 Å². The second-order valence-corrected chi connectivity index (χ2v) is 4.81. The fourth-order valence-corrected chi connectivity index (χ4v) is 2.12. The van der Waals surface area contributed by atoms with Gasteiger partial charge in [0, 0.05) is 6.92 Å². The molecule has 0 spiro atoms. The second-order valence-electron chi connectivity index (χ2n) is 4.81. The van der Waals surface area contributed by atoms with E-state index in [-0.39, 0.29) is 5.91 Å². The van der Waals surface area contributed by atoms with Gasteiger partial charge < -0.3 is 10.1 Å². The zero-order valence-electron chi connectivity index (χ0n) is 12.1. The molecule has 0 bridgehead atoms. The molecular weight excluding hydrogens is 282 g/mol. The molecule has 2 aromatic heterocycles.